The predicted octanol–water partition coefficient (Wildman–Crippen LogP) is 1.98. The van der Waals surface area contributed by atoms with Crippen LogP contribution in [0.1, 0.15) is 25.7 Å². The highest BCUT2D eigenvalue weighted by Crippen LogP contribution is 2.17. The third kappa shape index (κ3) is 5.10. The standard InChI is InChI=1S/C16H28N4/c1-19(2)12-6-5-10-17-15-8-13-20(14-9-15)16-7-3-4-11-18-16/h3-4,7,11,15,17H,5-6,8-10,12-14H2,1-2H3. The Morgan fingerprint density at radius 2 is 2.05 bits per heavy atom. The van der Waals surface area contributed by atoms with Crippen LogP contribution in [0, 0.1) is 0 Å². The third-order valence-corrected chi connectivity index (χ3v) is 3.93. The first-order valence-electron chi connectivity index (χ1n) is 7.80. The lowest BCUT2D eigenvalue weighted by molar-refractivity contribution is 0.375. The van der Waals surface area contributed by atoms with Crippen LogP contribution in [-0.2, 0) is 0 Å². The molecule has 1 fully saturated rings. The van der Waals surface area contributed by atoms with E-state index in [4.69, 9.17) is 0 Å². The van der Waals surface area contributed by atoms with Crippen LogP contribution in [0.3, 0.4) is 0 Å². The van der Waals surface area contributed by atoms with Crippen molar-refractivity contribution in [2.75, 3.05) is 45.2 Å². The summed E-state index contributed by atoms with van der Waals surface area (Å²) in [6.45, 7) is 4.58. The lowest BCUT2D eigenvalue weighted by atomic mass is 10.0. The van der Waals surface area contributed by atoms with Gasteiger partial charge in [-0.25, -0.2) is 4.98 Å². The van der Waals surface area contributed by atoms with Gasteiger partial charge in [0.1, 0.15) is 5.82 Å². The first kappa shape index (κ1) is 15.3. The molecule has 2 rings (SSSR count). The Labute approximate surface area is 123 Å². The Kier molecular flexibility index (Phi) is 6.27. The number of nitrogens with zero attached hydrogens (tertiary/aromatic N) is 3. The topological polar surface area (TPSA) is 31.4 Å². The van der Waals surface area contributed by atoms with Gasteiger partial charge in [0.2, 0.25) is 0 Å². The molecular formula is C16H28N4. The second-order valence-corrected chi connectivity index (χ2v) is 5.91. The molecule has 0 spiro atoms. The van der Waals surface area contributed by atoms with Crippen molar-refractivity contribution in [1.82, 2.24) is 15.2 Å². The van der Waals surface area contributed by atoms with Gasteiger partial charge in [-0.3, -0.25) is 0 Å². The van der Waals surface area contributed by atoms with E-state index in [0.717, 1.165) is 25.5 Å². The molecule has 4 heteroatoms. The molecule has 1 aromatic rings. The van der Waals surface area contributed by atoms with E-state index in [1.807, 2.05) is 12.3 Å². The van der Waals surface area contributed by atoms with Gasteiger partial charge in [0.15, 0.2) is 0 Å². The second kappa shape index (κ2) is 8.22. The van der Waals surface area contributed by atoms with Crippen LogP contribution in [-0.4, -0.2) is 56.2 Å². The maximum atomic E-state index is 4.43. The summed E-state index contributed by atoms with van der Waals surface area (Å²) in [4.78, 5) is 9.08. The molecule has 1 saturated heterocycles. The Morgan fingerprint density at radius 1 is 1.25 bits per heavy atom. The van der Waals surface area contributed by atoms with E-state index in [0.29, 0.717) is 6.04 Å². The van der Waals surface area contributed by atoms with Gasteiger partial charge in [0.25, 0.3) is 0 Å². The number of pyridine rings is 1. The lowest BCUT2D eigenvalue weighted by Crippen LogP contribution is -2.43. The lowest BCUT2D eigenvalue weighted by Gasteiger charge is -2.33. The Morgan fingerprint density at radius 3 is 2.70 bits per heavy atom. The quantitative estimate of drug-likeness (QED) is 0.772. The predicted molar refractivity (Wildman–Crippen MR) is 85.3 cm³/mol. The number of rotatable bonds is 7. The van der Waals surface area contributed by atoms with Crippen molar-refractivity contribution < 1.29 is 0 Å². The molecule has 20 heavy (non-hydrogen) atoms. The zero-order valence-corrected chi connectivity index (χ0v) is 12.9. The van der Waals surface area contributed by atoms with E-state index >= 15 is 0 Å². The van der Waals surface area contributed by atoms with Crippen molar-refractivity contribution >= 4 is 5.82 Å². The second-order valence-electron chi connectivity index (χ2n) is 5.91. The van der Waals surface area contributed by atoms with E-state index in [9.17, 15) is 0 Å². The fourth-order valence-electron chi connectivity index (χ4n) is 2.71. The normalized spacial score (nSPS) is 16.9. The van der Waals surface area contributed by atoms with Crippen LogP contribution in [0.15, 0.2) is 24.4 Å². The van der Waals surface area contributed by atoms with Crippen molar-refractivity contribution in [3.8, 4) is 0 Å². The minimum absolute atomic E-state index is 0.689. The summed E-state index contributed by atoms with van der Waals surface area (Å²) >= 11 is 0. The first-order chi connectivity index (χ1) is 9.75. The molecule has 4 nitrogen and oxygen atoms in total. The molecular weight excluding hydrogens is 248 g/mol. The van der Waals surface area contributed by atoms with E-state index in [-0.39, 0.29) is 0 Å². The number of aromatic nitrogens is 1. The molecule has 0 amide bonds. The van der Waals surface area contributed by atoms with Gasteiger partial charge in [0, 0.05) is 25.3 Å². The van der Waals surface area contributed by atoms with Gasteiger partial charge in [-0.1, -0.05) is 6.07 Å². The highest BCUT2D eigenvalue weighted by Gasteiger charge is 2.19. The molecule has 1 aliphatic heterocycles. The van der Waals surface area contributed by atoms with E-state index < -0.39 is 0 Å². The van der Waals surface area contributed by atoms with Crippen molar-refractivity contribution in [3.05, 3.63) is 24.4 Å². The van der Waals surface area contributed by atoms with Crippen LogP contribution in [0.5, 0.6) is 0 Å². The van der Waals surface area contributed by atoms with Gasteiger partial charge in [-0.15, -0.1) is 0 Å². The average molecular weight is 276 g/mol. The van der Waals surface area contributed by atoms with Gasteiger partial charge < -0.3 is 15.1 Å². The van der Waals surface area contributed by atoms with Crippen LogP contribution in [0.25, 0.3) is 0 Å². The first-order valence-corrected chi connectivity index (χ1v) is 7.80. The minimum atomic E-state index is 0.689. The summed E-state index contributed by atoms with van der Waals surface area (Å²) in [5.41, 5.74) is 0. The zero-order valence-electron chi connectivity index (χ0n) is 12.9. The molecule has 1 N–H and O–H groups in total. The van der Waals surface area contributed by atoms with Crippen LogP contribution in [0.2, 0.25) is 0 Å². The average Bonchev–Trinajstić information content (AvgIpc) is 2.48. The molecule has 112 valence electrons. The largest absolute Gasteiger partial charge is 0.357 e. The number of hydrogen-bond acceptors (Lipinski definition) is 4. The molecule has 1 aliphatic rings. The Bertz CT molecular complexity index is 358. The number of anilines is 1. The molecule has 0 saturated carbocycles. The Hall–Kier alpha value is -1.13. The zero-order chi connectivity index (χ0) is 14.2. The van der Waals surface area contributed by atoms with E-state index in [1.54, 1.807) is 0 Å². The van der Waals surface area contributed by atoms with Crippen molar-refractivity contribution in [3.63, 3.8) is 0 Å². The van der Waals surface area contributed by atoms with Crippen molar-refractivity contribution in [1.29, 1.82) is 0 Å². The van der Waals surface area contributed by atoms with Gasteiger partial charge in [-0.2, -0.15) is 0 Å². The third-order valence-electron chi connectivity index (χ3n) is 3.93. The Balaban J connectivity index is 1.60. The SMILES string of the molecule is CN(C)CCCCNC1CCN(c2ccccn2)CC1. The minimum Gasteiger partial charge on any atom is -0.357 e. The number of unbranched alkanes of at least 4 members (excludes halogenated alkanes) is 1. The van der Waals surface area contributed by atoms with E-state index in [2.05, 4.69) is 46.3 Å². The van der Waals surface area contributed by atoms with Gasteiger partial charge in [0.05, 0.1) is 0 Å². The summed E-state index contributed by atoms with van der Waals surface area (Å²) in [5, 5.41) is 3.70. The van der Waals surface area contributed by atoms with Crippen LogP contribution in [0.4, 0.5) is 5.82 Å². The maximum Gasteiger partial charge on any atom is 0.128 e. The number of hydrogen-bond donors (Lipinski definition) is 1. The summed E-state index contributed by atoms with van der Waals surface area (Å²) in [7, 11) is 4.28. The smallest absolute Gasteiger partial charge is 0.128 e. The fourth-order valence-corrected chi connectivity index (χ4v) is 2.71. The molecule has 0 unspecified atom stereocenters. The molecule has 0 aromatic carbocycles. The maximum absolute atomic E-state index is 4.43. The van der Waals surface area contributed by atoms with Crippen molar-refractivity contribution in [2.45, 2.75) is 31.7 Å². The molecule has 0 bridgehead atoms. The molecule has 1 aromatic heterocycles. The monoisotopic (exact) mass is 276 g/mol. The summed E-state index contributed by atoms with van der Waals surface area (Å²) in [6.07, 6.45) is 6.89. The number of piperidine rings is 1. The van der Waals surface area contributed by atoms with E-state index in [1.165, 1.54) is 32.2 Å². The number of nitrogens with one attached hydrogen (secondary N) is 1. The molecule has 0 radical (unpaired) electrons. The summed E-state index contributed by atoms with van der Waals surface area (Å²) < 4.78 is 0. The van der Waals surface area contributed by atoms with Gasteiger partial charge in [-0.05, 0) is 65.0 Å². The fraction of sp³-hybridized carbons (Fsp3) is 0.688. The van der Waals surface area contributed by atoms with Crippen LogP contribution < -0.4 is 10.2 Å². The highest BCUT2D eigenvalue weighted by atomic mass is 15.2. The highest BCUT2D eigenvalue weighted by molar-refractivity contribution is 5.38. The summed E-state index contributed by atoms with van der Waals surface area (Å²) in [5.74, 6) is 1.12. The molecule has 2 heterocycles. The van der Waals surface area contributed by atoms with Crippen molar-refractivity contribution in [2.24, 2.45) is 0 Å². The molecule has 0 atom stereocenters. The molecule has 0 aliphatic carbocycles. The van der Waals surface area contributed by atoms with Gasteiger partial charge >= 0.3 is 0 Å². The van der Waals surface area contributed by atoms with Crippen LogP contribution >= 0.6 is 0 Å². The summed E-state index contributed by atoms with van der Waals surface area (Å²) in [6, 6.07) is 6.84.